The predicted molar refractivity (Wildman–Crippen MR) is 139 cm³/mol. The number of carbonyl (C=O) groups is 2. The Bertz CT molecular complexity index is 874. The molecule has 1 amide bonds. The molecule has 4 aliphatic rings. The van der Waals surface area contributed by atoms with Gasteiger partial charge in [-0.3, -0.25) is 9.59 Å². The molecule has 9 atom stereocenters. The van der Waals surface area contributed by atoms with E-state index in [-0.39, 0.29) is 51.0 Å². The fraction of sp³-hybridized carbons (Fsp3) is 0.933. The number of aliphatic hydroxyl groups excluding tert-OH is 1. The summed E-state index contributed by atoms with van der Waals surface area (Å²) in [5.74, 6) is -0.101. The summed E-state index contributed by atoms with van der Waals surface area (Å²) in [6.45, 7) is 17.5. The molecular weight excluding hydrogens is 438 g/mol. The van der Waals surface area contributed by atoms with Crippen LogP contribution in [-0.2, 0) is 9.59 Å². The van der Waals surface area contributed by atoms with E-state index in [0.717, 1.165) is 25.7 Å². The molecule has 0 unspecified atom stereocenters. The zero-order valence-electron chi connectivity index (χ0n) is 23.4. The average molecular weight is 490 g/mol. The van der Waals surface area contributed by atoms with E-state index >= 15 is 0 Å². The van der Waals surface area contributed by atoms with Crippen LogP contribution in [0.25, 0.3) is 0 Å². The first-order chi connectivity index (χ1) is 16.1. The van der Waals surface area contributed by atoms with E-state index < -0.39 is 5.97 Å². The number of fused-ring (bicyclic) bond motifs is 5. The quantitative estimate of drug-likeness (QED) is 0.415. The number of rotatable bonds is 6. The molecule has 4 rings (SSSR count). The maximum absolute atomic E-state index is 12.2. The van der Waals surface area contributed by atoms with E-state index in [4.69, 9.17) is 5.11 Å². The fourth-order valence-electron chi connectivity index (χ4n) is 10.8. The third-order valence-corrected chi connectivity index (χ3v) is 14.0. The molecule has 0 bridgehead atoms. The van der Waals surface area contributed by atoms with Crippen LogP contribution in [0, 0.1) is 44.3 Å². The highest BCUT2D eigenvalue weighted by Crippen LogP contribution is 2.83. The number of carboxylic acid groups (broad SMARTS) is 1. The van der Waals surface area contributed by atoms with Gasteiger partial charge in [-0.15, -0.1) is 0 Å². The minimum Gasteiger partial charge on any atom is -0.480 e. The van der Waals surface area contributed by atoms with Gasteiger partial charge in [0.15, 0.2) is 0 Å². The Balaban J connectivity index is 1.58. The molecule has 4 aliphatic carbocycles. The Morgan fingerprint density at radius 2 is 1.46 bits per heavy atom. The average Bonchev–Trinajstić information content (AvgIpc) is 3.07. The summed E-state index contributed by atoms with van der Waals surface area (Å²) < 4.78 is 0. The molecule has 0 aromatic carbocycles. The lowest BCUT2D eigenvalue weighted by atomic mass is 9.27. The van der Waals surface area contributed by atoms with Crippen LogP contribution in [0.15, 0.2) is 0 Å². The molecule has 5 nitrogen and oxygen atoms in total. The first-order valence-electron chi connectivity index (χ1n) is 14.3. The van der Waals surface area contributed by atoms with Crippen LogP contribution >= 0.6 is 0 Å². The van der Waals surface area contributed by atoms with Gasteiger partial charge < -0.3 is 15.5 Å². The van der Waals surface area contributed by atoms with E-state index in [1.807, 2.05) is 0 Å². The van der Waals surface area contributed by atoms with Gasteiger partial charge in [0.05, 0.1) is 6.10 Å². The lowest BCUT2D eigenvalue weighted by Gasteiger charge is -2.77. The van der Waals surface area contributed by atoms with Gasteiger partial charge in [0.2, 0.25) is 5.91 Å². The highest BCUT2D eigenvalue weighted by molar-refractivity contribution is 5.81. The SMILES string of the molecule is C[C@H](CCC(=O)NCC(=O)O)[C@H]1CC[C@@]2(C)[C@]3(C)CC[C@]4(C)C[C@H](O)CC[C@]4(C)[C@@]3(C)CC[C@]12C. The zero-order valence-corrected chi connectivity index (χ0v) is 23.4. The first-order valence-corrected chi connectivity index (χ1v) is 14.3. The van der Waals surface area contributed by atoms with Crippen LogP contribution in [0.2, 0.25) is 0 Å². The van der Waals surface area contributed by atoms with Crippen molar-refractivity contribution in [2.24, 2.45) is 44.3 Å². The molecule has 0 spiro atoms. The summed E-state index contributed by atoms with van der Waals surface area (Å²) in [7, 11) is 0. The van der Waals surface area contributed by atoms with Crippen LogP contribution in [0.1, 0.15) is 119 Å². The van der Waals surface area contributed by atoms with Crippen molar-refractivity contribution in [2.75, 3.05) is 6.54 Å². The maximum Gasteiger partial charge on any atom is 0.322 e. The molecule has 4 fully saturated rings. The fourth-order valence-corrected chi connectivity index (χ4v) is 10.8. The van der Waals surface area contributed by atoms with Crippen molar-refractivity contribution in [3.63, 3.8) is 0 Å². The molecule has 200 valence electrons. The number of aliphatic hydroxyl groups is 1. The summed E-state index contributed by atoms with van der Waals surface area (Å²) in [5.41, 5.74) is 1.43. The van der Waals surface area contributed by atoms with Gasteiger partial charge in [-0.2, -0.15) is 0 Å². The van der Waals surface area contributed by atoms with E-state index in [2.05, 4.69) is 53.8 Å². The minimum atomic E-state index is -0.992. The number of hydrogen-bond acceptors (Lipinski definition) is 3. The van der Waals surface area contributed by atoms with E-state index in [1.165, 1.54) is 38.5 Å². The molecule has 0 saturated heterocycles. The second-order valence-corrected chi connectivity index (χ2v) is 14.5. The summed E-state index contributed by atoms with van der Waals surface area (Å²) in [5, 5.41) is 22.0. The Morgan fingerprint density at radius 1 is 0.857 bits per heavy atom. The molecule has 3 N–H and O–H groups in total. The predicted octanol–water partition coefficient (Wildman–Crippen LogP) is 6.18. The second kappa shape index (κ2) is 8.46. The Hall–Kier alpha value is -1.10. The highest BCUT2D eigenvalue weighted by Gasteiger charge is 2.76. The standard InChI is InChI=1S/C30H51NO4/c1-20(8-9-23(33)31-19-24(34)35)22-11-13-28(5)26(22,3)15-17-29(6)27(4)12-10-21(32)18-25(27,2)14-16-30(28,29)7/h20-22,32H,8-19H2,1-7H3,(H,31,33)(H,34,35)/t20-,21-,22-,25-,26-,27+,28-,29-,30+/m1/s1. The number of carbonyl (C=O) groups excluding carboxylic acids is 1. The van der Waals surface area contributed by atoms with E-state index in [0.29, 0.717) is 18.3 Å². The molecule has 35 heavy (non-hydrogen) atoms. The molecule has 0 aromatic heterocycles. The van der Waals surface area contributed by atoms with Crippen molar-refractivity contribution in [1.29, 1.82) is 0 Å². The van der Waals surface area contributed by atoms with Gasteiger partial charge in [0.25, 0.3) is 0 Å². The molecule has 0 heterocycles. The lowest BCUT2D eigenvalue weighted by molar-refractivity contribution is -0.291. The Kier molecular flexibility index (Phi) is 6.52. The highest BCUT2D eigenvalue weighted by atomic mass is 16.4. The van der Waals surface area contributed by atoms with Crippen molar-refractivity contribution >= 4 is 11.9 Å². The second-order valence-electron chi connectivity index (χ2n) is 14.5. The van der Waals surface area contributed by atoms with Gasteiger partial charge in [0.1, 0.15) is 6.54 Å². The lowest BCUT2D eigenvalue weighted by Crippen LogP contribution is -2.70. The largest absolute Gasteiger partial charge is 0.480 e. The van der Waals surface area contributed by atoms with Crippen molar-refractivity contribution in [1.82, 2.24) is 5.32 Å². The third-order valence-electron chi connectivity index (χ3n) is 14.0. The summed E-state index contributed by atoms with van der Waals surface area (Å²) in [6, 6.07) is 0. The Labute approximate surface area is 213 Å². The van der Waals surface area contributed by atoms with Gasteiger partial charge in [-0.25, -0.2) is 0 Å². The number of amides is 1. The molecule has 5 heteroatoms. The van der Waals surface area contributed by atoms with Gasteiger partial charge in [-0.05, 0) is 109 Å². The third kappa shape index (κ3) is 3.49. The monoisotopic (exact) mass is 489 g/mol. The molecule has 0 radical (unpaired) electrons. The van der Waals surface area contributed by atoms with Crippen LogP contribution in [-0.4, -0.2) is 34.7 Å². The molecule has 0 aliphatic heterocycles. The van der Waals surface area contributed by atoms with Crippen LogP contribution in [0.4, 0.5) is 0 Å². The van der Waals surface area contributed by atoms with Crippen molar-refractivity contribution in [2.45, 2.75) is 125 Å². The molecule has 0 aromatic rings. The van der Waals surface area contributed by atoms with Crippen molar-refractivity contribution < 1.29 is 19.8 Å². The van der Waals surface area contributed by atoms with Crippen molar-refractivity contribution in [3.05, 3.63) is 0 Å². The molecule has 4 saturated carbocycles. The molecular formula is C30H51NO4. The van der Waals surface area contributed by atoms with Gasteiger partial charge in [-0.1, -0.05) is 48.5 Å². The normalized spacial score (nSPS) is 49.9. The summed E-state index contributed by atoms with van der Waals surface area (Å²) in [6.07, 6.45) is 11.5. The number of nitrogens with one attached hydrogen (secondary N) is 1. The summed E-state index contributed by atoms with van der Waals surface area (Å²) in [4.78, 5) is 23.0. The van der Waals surface area contributed by atoms with E-state index in [1.54, 1.807) is 0 Å². The van der Waals surface area contributed by atoms with Crippen molar-refractivity contribution in [3.8, 4) is 0 Å². The number of carboxylic acids is 1. The zero-order chi connectivity index (χ0) is 26.1. The van der Waals surface area contributed by atoms with Crippen LogP contribution in [0.3, 0.4) is 0 Å². The van der Waals surface area contributed by atoms with Crippen LogP contribution < -0.4 is 5.32 Å². The van der Waals surface area contributed by atoms with Crippen LogP contribution in [0.5, 0.6) is 0 Å². The van der Waals surface area contributed by atoms with E-state index in [9.17, 15) is 14.7 Å². The Morgan fingerprint density at radius 3 is 2.11 bits per heavy atom. The van der Waals surface area contributed by atoms with Gasteiger partial charge in [0, 0.05) is 6.42 Å². The number of hydrogen-bond donors (Lipinski definition) is 3. The summed E-state index contributed by atoms with van der Waals surface area (Å²) >= 11 is 0. The maximum atomic E-state index is 12.2. The minimum absolute atomic E-state index is 0.144. The smallest absolute Gasteiger partial charge is 0.322 e. The first kappa shape index (κ1) is 26.9. The van der Waals surface area contributed by atoms with Gasteiger partial charge >= 0.3 is 5.97 Å². The topological polar surface area (TPSA) is 86.6 Å². The number of aliphatic carboxylic acids is 1.